The van der Waals surface area contributed by atoms with Crippen molar-refractivity contribution in [1.29, 1.82) is 0 Å². The summed E-state index contributed by atoms with van der Waals surface area (Å²) in [5, 5.41) is 3.00. The van der Waals surface area contributed by atoms with Crippen LogP contribution in [0.5, 0.6) is 5.75 Å². The van der Waals surface area contributed by atoms with Crippen molar-refractivity contribution in [3.05, 3.63) is 64.7 Å². The van der Waals surface area contributed by atoms with Gasteiger partial charge in [-0.1, -0.05) is 30.3 Å². The molecule has 1 N–H and O–H groups in total. The van der Waals surface area contributed by atoms with Crippen LogP contribution in [0.2, 0.25) is 0 Å². The Morgan fingerprint density at radius 2 is 1.86 bits per heavy atom. The van der Waals surface area contributed by atoms with Gasteiger partial charge < -0.3 is 10.1 Å². The van der Waals surface area contributed by atoms with Crippen LogP contribution < -0.4 is 10.1 Å². The van der Waals surface area contributed by atoms with Crippen molar-refractivity contribution in [2.45, 2.75) is 45.1 Å². The molecule has 3 amide bonds. The summed E-state index contributed by atoms with van der Waals surface area (Å²) >= 11 is 0. The van der Waals surface area contributed by atoms with Gasteiger partial charge in [0.1, 0.15) is 11.3 Å². The lowest BCUT2D eigenvalue weighted by Crippen LogP contribution is -2.46. The van der Waals surface area contributed by atoms with Crippen molar-refractivity contribution >= 4 is 11.9 Å². The van der Waals surface area contributed by atoms with E-state index in [0.29, 0.717) is 26.0 Å². The summed E-state index contributed by atoms with van der Waals surface area (Å²) in [5.74, 6) is 0.698. The normalized spacial score (nSPS) is 21.0. The lowest BCUT2D eigenvalue weighted by molar-refractivity contribution is -0.132. The van der Waals surface area contributed by atoms with Gasteiger partial charge in [0.2, 0.25) is 0 Å². The van der Waals surface area contributed by atoms with Crippen LogP contribution in [0.1, 0.15) is 41.5 Å². The fraction of sp³-hybridized carbons (Fsp3) is 0.391. The molecule has 1 heterocycles. The van der Waals surface area contributed by atoms with Crippen LogP contribution in [-0.4, -0.2) is 30.0 Å². The zero-order valence-electron chi connectivity index (χ0n) is 16.5. The van der Waals surface area contributed by atoms with Gasteiger partial charge in [-0.3, -0.25) is 9.69 Å². The molecule has 1 fully saturated rings. The number of hydrogen-bond acceptors (Lipinski definition) is 3. The van der Waals surface area contributed by atoms with E-state index in [1.54, 1.807) is 0 Å². The van der Waals surface area contributed by atoms with Crippen molar-refractivity contribution in [3.63, 3.8) is 0 Å². The van der Waals surface area contributed by atoms with E-state index in [9.17, 15) is 9.59 Å². The molecule has 0 radical (unpaired) electrons. The average molecular weight is 378 g/mol. The maximum absolute atomic E-state index is 13.2. The highest BCUT2D eigenvalue weighted by Crippen LogP contribution is 2.39. The lowest BCUT2D eigenvalue weighted by Gasteiger charge is -2.33. The molecule has 1 atom stereocenters. The minimum Gasteiger partial charge on any atom is -0.494 e. The Kier molecular flexibility index (Phi) is 4.84. The standard InChI is InChI=1S/C23H26N2O3/c1-16-13-17(2)15-19(14-16)28-12-6-11-25-21(26)23(24-22(25)27)10-5-8-18-7-3-4-9-20(18)23/h3-4,7,9,13-15H,5-6,8,10-12H2,1-2H3,(H,24,27). The number of carbonyl (C=O) groups excluding carboxylic acids is 2. The van der Waals surface area contributed by atoms with Crippen molar-refractivity contribution < 1.29 is 14.3 Å². The number of imide groups is 1. The summed E-state index contributed by atoms with van der Waals surface area (Å²) < 4.78 is 5.82. The molecule has 1 aliphatic heterocycles. The second kappa shape index (κ2) is 7.30. The molecule has 2 aromatic carbocycles. The molecule has 2 aliphatic rings. The Morgan fingerprint density at radius 3 is 2.64 bits per heavy atom. The maximum Gasteiger partial charge on any atom is 0.325 e. The second-order valence-electron chi connectivity index (χ2n) is 7.83. The Morgan fingerprint density at radius 1 is 1.11 bits per heavy atom. The molecule has 5 nitrogen and oxygen atoms in total. The number of rotatable bonds is 5. The number of hydrogen-bond donors (Lipinski definition) is 1. The van der Waals surface area contributed by atoms with Crippen LogP contribution in [0.15, 0.2) is 42.5 Å². The Balaban J connectivity index is 1.41. The average Bonchev–Trinajstić information content (AvgIpc) is 2.89. The predicted octanol–water partition coefficient (Wildman–Crippen LogP) is 3.86. The third-order valence-electron chi connectivity index (χ3n) is 5.64. The molecule has 146 valence electrons. The molecular weight excluding hydrogens is 352 g/mol. The van der Waals surface area contributed by atoms with Gasteiger partial charge in [0.15, 0.2) is 0 Å². The summed E-state index contributed by atoms with van der Waals surface area (Å²) in [4.78, 5) is 27.1. The number of carbonyl (C=O) groups is 2. The van der Waals surface area contributed by atoms with Crippen LogP contribution in [0, 0.1) is 13.8 Å². The molecule has 0 aromatic heterocycles. The van der Waals surface area contributed by atoms with Gasteiger partial charge in [0.05, 0.1) is 6.61 Å². The number of benzene rings is 2. The summed E-state index contributed by atoms with van der Waals surface area (Å²) in [6.07, 6.45) is 3.10. The first-order valence-electron chi connectivity index (χ1n) is 9.93. The van der Waals surface area contributed by atoms with E-state index < -0.39 is 5.54 Å². The van der Waals surface area contributed by atoms with Gasteiger partial charge in [-0.05, 0) is 73.9 Å². The fourth-order valence-corrected chi connectivity index (χ4v) is 4.44. The summed E-state index contributed by atoms with van der Waals surface area (Å²) in [7, 11) is 0. The molecule has 1 unspecified atom stereocenters. The van der Waals surface area contributed by atoms with Gasteiger partial charge in [-0.2, -0.15) is 0 Å². The van der Waals surface area contributed by atoms with Crippen molar-refractivity contribution in [3.8, 4) is 5.75 Å². The molecule has 1 spiro atoms. The van der Waals surface area contributed by atoms with E-state index >= 15 is 0 Å². The molecular formula is C23H26N2O3. The largest absolute Gasteiger partial charge is 0.494 e. The summed E-state index contributed by atoms with van der Waals surface area (Å²) in [6.45, 7) is 4.89. The number of nitrogens with one attached hydrogen (secondary N) is 1. The monoisotopic (exact) mass is 378 g/mol. The van der Waals surface area contributed by atoms with Crippen LogP contribution >= 0.6 is 0 Å². The van der Waals surface area contributed by atoms with E-state index in [0.717, 1.165) is 40.8 Å². The number of aryl methyl sites for hydroxylation is 3. The van der Waals surface area contributed by atoms with E-state index in [4.69, 9.17) is 4.74 Å². The molecule has 4 rings (SSSR count). The maximum atomic E-state index is 13.2. The molecule has 0 saturated carbocycles. The zero-order valence-corrected chi connectivity index (χ0v) is 16.5. The van der Waals surface area contributed by atoms with Crippen molar-refractivity contribution in [2.24, 2.45) is 0 Å². The minimum atomic E-state index is -0.888. The molecule has 2 aromatic rings. The minimum absolute atomic E-state index is 0.129. The van der Waals surface area contributed by atoms with E-state index in [1.165, 1.54) is 4.90 Å². The van der Waals surface area contributed by atoms with Crippen LogP contribution in [0.25, 0.3) is 0 Å². The number of urea groups is 1. The molecule has 0 bridgehead atoms. The quantitative estimate of drug-likeness (QED) is 0.635. The highest BCUT2D eigenvalue weighted by molar-refractivity contribution is 6.07. The zero-order chi connectivity index (χ0) is 19.7. The second-order valence-corrected chi connectivity index (χ2v) is 7.83. The van der Waals surface area contributed by atoms with Gasteiger partial charge in [-0.15, -0.1) is 0 Å². The van der Waals surface area contributed by atoms with Gasteiger partial charge in [0.25, 0.3) is 5.91 Å². The van der Waals surface area contributed by atoms with Crippen molar-refractivity contribution in [2.75, 3.05) is 13.2 Å². The van der Waals surface area contributed by atoms with E-state index in [-0.39, 0.29) is 11.9 Å². The smallest absolute Gasteiger partial charge is 0.325 e. The Bertz CT molecular complexity index is 904. The summed E-state index contributed by atoms with van der Waals surface area (Å²) in [5.41, 5.74) is 3.53. The fourth-order valence-electron chi connectivity index (χ4n) is 4.44. The van der Waals surface area contributed by atoms with Gasteiger partial charge >= 0.3 is 6.03 Å². The van der Waals surface area contributed by atoms with Crippen molar-refractivity contribution in [1.82, 2.24) is 10.2 Å². The van der Waals surface area contributed by atoms with Gasteiger partial charge in [0, 0.05) is 6.54 Å². The highest BCUT2D eigenvalue weighted by atomic mass is 16.5. The summed E-state index contributed by atoms with van der Waals surface area (Å²) in [6, 6.07) is 13.7. The van der Waals surface area contributed by atoms with Crippen LogP contribution in [0.4, 0.5) is 4.79 Å². The topological polar surface area (TPSA) is 58.6 Å². The first-order valence-corrected chi connectivity index (χ1v) is 9.93. The number of amides is 3. The van der Waals surface area contributed by atoms with Crippen LogP contribution in [0.3, 0.4) is 0 Å². The third kappa shape index (κ3) is 3.26. The molecule has 28 heavy (non-hydrogen) atoms. The Hall–Kier alpha value is -2.82. The SMILES string of the molecule is Cc1cc(C)cc(OCCCN2C(=O)NC3(CCCc4ccccc43)C2=O)c1. The Labute approximate surface area is 165 Å². The first kappa shape index (κ1) is 18.5. The van der Waals surface area contributed by atoms with E-state index in [2.05, 4.69) is 17.4 Å². The number of nitrogens with zero attached hydrogens (tertiary/aromatic N) is 1. The first-order chi connectivity index (χ1) is 13.5. The van der Waals surface area contributed by atoms with E-state index in [1.807, 2.05) is 44.2 Å². The number of fused-ring (bicyclic) bond motifs is 2. The molecule has 1 aliphatic carbocycles. The number of ether oxygens (including phenoxy) is 1. The molecule has 5 heteroatoms. The predicted molar refractivity (Wildman–Crippen MR) is 107 cm³/mol. The van der Waals surface area contributed by atoms with Crippen LogP contribution in [-0.2, 0) is 16.8 Å². The third-order valence-corrected chi connectivity index (χ3v) is 5.64. The molecule has 1 saturated heterocycles. The highest BCUT2D eigenvalue weighted by Gasteiger charge is 2.53. The van der Waals surface area contributed by atoms with Gasteiger partial charge in [-0.25, -0.2) is 4.79 Å². The lowest BCUT2D eigenvalue weighted by atomic mass is 9.76.